The van der Waals surface area contributed by atoms with E-state index in [4.69, 9.17) is 14.5 Å². The van der Waals surface area contributed by atoms with Gasteiger partial charge in [0.1, 0.15) is 12.4 Å². The van der Waals surface area contributed by atoms with Crippen molar-refractivity contribution in [1.82, 2.24) is 0 Å². The first-order valence-corrected chi connectivity index (χ1v) is 14.5. The van der Waals surface area contributed by atoms with Crippen LogP contribution in [0.25, 0.3) is 0 Å². The molecule has 0 aromatic heterocycles. The summed E-state index contributed by atoms with van der Waals surface area (Å²) in [6, 6.07) is 25.8. The molecule has 0 spiro atoms. The molecule has 3 atom stereocenters. The topological polar surface area (TPSA) is 42.8 Å². The number of aliphatic imine (C=N–C) groups is 1. The maximum Gasteiger partial charge on any atom is 0.174 e. The summed E-state index contributed by atoms with van der Waals surface area (Å²) < 4.78 is 26.0. The number of rotatable bonds is 7. The fraction of sp³-hybridized carbons (Fsp3) is 0.206. The Kier molecular flexibility index (Phi) is 7.61. The number of hydrogen-bond donors (Lipinski definition) is 1. The zero-order valence-electron chi connectivity index (χ0n) is 22.4. The molecule has 0 saturated carbocycles. The van der Waals surface area contributed by atoms with Gasteiger partial charge in [0.05, 0.1) is 22.4 Å². The first-order chi connectivity index (χ1) is 19.5. The van der Waals surface area contributed by atoms with Crippen LogP contribution in [0.15, 0.2) is 96.0 Å². The molecule has 6 rings (SSSR count). The summed E-state index contributed by atoms with van der Waals surface area (Å²) in [7, 11) is 1.61. The lowest BCUT2D eigenvalue weighted by atomic mass is 9.76. The van der Waals surface area contributed by atoms with Crippen LogP contribution >= 0.6 is 22.6 Å². The zero-order valence-corrected chi connectivity index (χ0v) is 24.6. The van der Waals surface area contributed by atoms with Crippen molar-refractivity contribution in [2.24, 2.45) is 10.9 Å². The molecule has 0 unspecified atom stereocenters. The summed E-state index contributed by atoms with van der Waals surface area (Å²) in [5.41, 5.74) is 7.78. The van der Waals surface area contributed by atoms with Crippen LogP contribution in [0.3, 0.4) is 0 Å². The highest BCUT2D eigenvalue weighted by molar-refractivity contribution is 14.1. The smallest absolute Gasteiger partial charge is 0.174 e. The molecule has 0 bridgehead atoms. The van der Waals surface area contributed by atoms with Gasteiger partial charge in [0, 0.05) is 17.8 Å². The van der Waals surface area contributed by atoms with E-state index in [1.54, 1.807) is 13.2 Å². The summed E-state index contributed by atoms with van der Waals surface area (Å²) in [5, 5.41) is 3.81. The molecular weight excluding hydrogens is 614 g/mol. The van der Waals surface area contributed by atoms with Crippen LogP contribution in [0.1, 0.15) is 46.2 Å². The van der Waals surface area contributed by atoms with Gasteiger partial charge in [-0.15, -0.1) is 0 Å². The largest absolute Gasteiger partial charge is 0.493 e. The molecule has 1 aliphatic heterocycles. The van der Waals surface area contributed by atoms with Crippen molar-refractivity contribution in [2.45, 2.75) is 31.9 Å². The molecule has 1 heterocycles. The number of fused-ring (bicyclic) bond motifs is 3. The number of aryl methyl sites for hydroxylation is 1. The van der Waals surface area contributed by atoms with Gasteiger partial charge in [0.15, 0.2) is 11.5 Å². The number of halogens is 2. The van der Waals surface area contributed by atoms with E-state index in [9.17, 15) is 4.39 Å². The summed E-state index contributed by atoms with van der Waals surface area (Å²) in [5.74, 6) is 1.93. The van der Waals surface area contributed by atoms with Crippen molar-refractivity contribution >= 4 is 40.2 Å². The Bertz CT molecular complexity index is 1600. The van der Waals surface area contributed by atoms with Gasteiger partial charge in [-0.25, -0.2) is 4.39 Å². The highest BCUT2D eigenvalue weighted by atomic mass is 127. The maximum absolute atomic E-state index is 13.5. The lowest BCUT2D eigenvalue weighted by Crippen LogP contribution is -2.29. The lowest BCUT2D eigenvalue weighted by molar-refractivity contribution is 0.282. The number of methoxy groups -OCH3 is 1. The van der Waals surface area contributed by atoms with Gasteiger partial charge in [-0.3, -0.25) is 4.99 Å². The molecule has 4 aromatic carbocycles. The predicted molar refractivity (Wildman–Crippen MR) is 168 cm³/mol. The predicted octanol–water partition coefficient (Wildman–Crippen LogP) is 8.90. The van der Waals surface area contributed by atoms with Crippen LogP contribution in [-0.2, 0) is 6.61 Å². The second-order valence-corrected chi connectivity index (χ2v) is 11.5. The first kappa shape index (κ1) is 26.6. The molecule has 0 fully saturated rings. The van der Waals surface area contributed by atoms with E-state index in [0.717, 1.165) is 26.8 Å². The molecule has 1 N–H and O–H groups in total. The van der Waals surface area contributed by atoms with E-state index in [-0.39, 0.29) is 18.5 Å². The van der Waals surface area contributed by atoms with Gasteiger partial charge in [-0.05, 0) is 107 Å². The van der Waals surface area contributed by atoms with Crippen molar-refractivity contribution < 1.29 is 13.9 Å². The summed E-state index contributed by atoms with van der Waals surface area (Å²) >= 11 is 2.23. The molecule has 202 valence electrons. The maximum atomic E-state index is 13.5. The molecule has 4 aromatic rings. The Morgan fingerprint density at radius 2 is 1.90 bits per heavy atom. The SMILES string of the molecule is COc1cc(C=Nc2ccc([C@@H]3Nc4ccc(C)cc4[C@H]4C=CC[C@@H]43)cc2)cc(I)c1OCc1cccc(F)c1. The molecule has 0 radical (unpaired) electrons. The van der Waals surface area contributed by atoms with Gasteiger partial charge >= 0.3 is 0 Å². The van der Waals surface area contributed by atoms with Crippen LogP contribution < -0.4 is 14.8 Å². The Balaban J connectivity index is 1.17. The quantitative estimate of drug-likeness (QED) is 0.124. The minimum absolute atomic E-state index is 0.253. The number of benzene rings is 4. The third-order valence-electron chi connectivity index (χ3n) is 7.66. The van der Waals surface area contributed by atoms with Crippen molar-refractivity contribution in [2.75, 3.05) is 12.4 Å². The Morgan fingerprint density at radius 3 is 2.70 bits per heavy atom. The third kappa shape index (κ3) is 5.50. The van der Waals surface area contributed by atoms with E-state index in [2.05, 4.69) is 89.4 Å². The van der Waals surface area contributed by atoms with Crippen LogP contribution in [0.2, 0.25) is 0 Å². The summed E-state index contributed by atoms with van der Waals surface area (Å²) in [4.78, 5) is 4.73. The van der Waals surface area contributed by atoms with Crippen LogP contribution in [0.5, 0.6) is 11.5 Å². The average molecular weight is 645 g/mol. The highest BCUT2D eigenvalue weighted by Gasteiger charge is 2.37. The molecule has 40 heavy (non-hydrogen) atoms. The van der Waals surface area contributed by atoms with E-state index >= 15 is 0 Å². The monoisotopic (exact) mass is 644 g/mol. The van der Waals surface area contributed by atoms with Gasteiger partial charge in [0.2, 0.25) is 0 Å². The normalized spacial score (nSPS) is 19.2. The number of hydrogen-bond acceptors (Lipinski definition) is 4. The Labute approximate surface area is 248 Å². The molecule has 2 aliphatic rings. The van der Waals surface area contributed by atoms with Crippen molar-refractivity contribution in [1.29, 1.82) is 0 Å². The average Bonchev–Trinajstić information content (AvgIpc) is 3.46. The summed E-state index contributed by atoms with van der Waals surface area (Å²) in [6.45, 7) is 2.41. The summed E-state index contributed by atoms with van der Waals surface area (Å²) in [6.07, 6.45) is 7.62. The van der Waals surface area contributed by atoms with Crippen molar-refractivity contribution in [3.63, 3.8) is 0 Å². The van der Waals surface area contributed by atoms with Crippen molar-refractivity contribution in [3.8, 4) is 11.5 Å². The molecule has 6 heteroatoms. The second kappa shape index (κ2) is 11.5. The third-order valence-corrected chi connectivity index (χ3v) is 8.46. The lowest BCUT2D eigenvalue weighted by Gasteiger charge is -2.37. The first-order valence-electron chi connectivity index (χ1n) is 13.4. The highest BCUT2D eigenvalue weighted by Crippen LogP contribution is 2.50. The van der Waals surface area contributed by atoms with Crippen LogP contribution in [0.4, 0.5) is 15.8 Å². The molecule has 1 aliphatic carbocycles. The molecule has 4 nitrogen and oxygen atoms in total. The van der Waals surface area contributed by atoms with Crippen LogP contribution in [0, 0.1) is 22.2 Å². The van der Waals surface area contributed by atoms with E-state index in [1.165, 1.54) is 34.5 Å². The van der Waals surface area contributed by atoms with Gasteiger partial charge < -0.3 is 14.8 Å². The molecule has 0 amide bonds. The fourth-order valence-corrected chi connectivity index (χ4v) is 6.48. The van der Waals surface area contributed by atoms with Gasteiger partial charge in [-0.2, -0.15) is 0 Å². The van der Waals surface area contributed by atoms with E-state index in [1.807, 2.05) is 24.4 Å². The number of ether oxygens (including phenoxy) is 2. The number of anilines is 1. The number of allylic oxidation sites excluding steroid dienone is 2. The number of nitrogens with zero attached hydrogens (tertiary/aromatic N) is 1. The molecule has 0 saturated heterocycles. The fourth-order valence-electron chi connectivity index (χ4n) is 5.70. The second-order valence-electron chi connectivity index (χ2n) is 10.4. The molecular formula is C34H30FIN2O2. The minimum Gasteiger partial charge on any atom is -0.493 e. The Morgan fingerprint density at radius 1 is 1.05 bits per heavy atom. The zero-order chi connectivity index (χ0) is 27.6. The Hall–Kier alpha value is -3.65. The van der Waals surface area contributed by atoms with E-state index in [0.29, 0.717) is 23.3 Å². The van der Waals surface area contributed by atoms with Crippen molar-refractivity contribution in [3.05, 3.63) is 128 Å². The van der Waals surface area contributed by atoms with Crippen LogP contribution in [-0.4, -0.2) is 13.3 Å². The van der Waals surface area contributed by atoms with Gasteiger partial charge in [-0.1, -0.05) is 54.1 Å². The number of nitrogens with one attached hydrogen (secondary N) is 1. The minimum atomic E-state index is -0.280. The van der Waals surface area contributed by atoms with Gasteiger partial charge in [0.25, 0.3) is 0 Å². The van der Waals surface area contributed by atoms with E-state index < -0.39 is 0 Å². The standard InChI is InChI=1S/C34H30FIN2O2/c1-21-9-14-31-29(15-21)27-7-4-8-28(27)33(38-31)24-10-12-26(13-11-24)37-19-23-17-30(36)34(32(18-23)39-2)40-20-22-5-3-6-25(35)16-22/h3-7,9-19,27-28,33,38H,8,20H2,1-2H3/t27-,28-,33-/m0/s1.